The SMILES string of the molecule is CC.CCCCC(C)(F)CC. The molecule has 0 nitrogen and oxygen atoms in total. The third-order valence-corrected chi connectivity index (χ3v) is 1.79. The van der Waals surface area contributed by atoms with Gasteiger partial charge in [0.05, 0.1) is 0 Å². The van der Waals surface area contributed by atoms with Crippen LogP contribution in [0, 0.1) is 0 Å². The molecule has 0 N–H and O–H groups in total. The molecule has 0 spiro atoms. The summed E-state index contributed by atoms with van der Waals surface area (Å²) in [6.45, 7) is 9.67. The highest BCUT2D eigenvalue weighted by atomic mass is 19.1. The first-order chi connectivity index (χ1) is 5.12. The van der Waals surface area contributed by atoms with E-state index in [0.717, 1.165) is 19.3 Å². The van der Waals surface area contributed by atoms with E-state index in [0.29, 0.717) is 6.42 Å². The largest absolute Gasteiger partial charge is 0.244 e. The van der Waals surface area contributed by atoms with Gasteiger partial charge in [-0.05, 0) is 19.8 Å². The standard InChI is InChI=1S/C8H17F.C2H6/c1-4-6-7-8(3,9)5-2;1-2/h4-7H2,1-3H3;1-2H3. The molecular formula is C10H23F. The Balaban J connectivity index is 0. The summed E-state index contributed by atoms with van der Waals surface area (Å²) >= 11 is 0. The number of halogens is 1. The summed E-state index contributed by atoms with van der Waals surface area (Å²) in [5.74, 6) is 0. The van der Waals surface area contributed by atoms with Crippen molar-refractivity contribution in [1.82, 2.24) is 0 Å². The van der Waals surface area contributed by atoms with Crippen LogP contribution in [0.1, 0.15) is 60.3 Å². The first kappa shape index (κ1) is 13.5. The van der Waals surface area contributed by atoms with Crippen LogP contribution in [0.5, 0.6) is 0 Å². The van der Waals surface area contributed by atoms with Gasteiger partial charge in [0.25, 0.3) is 0 Å². The summed E-state index contributed by atoms with van der Waals surface area (Å²) in [4.78, 5) is 0. The fraction of sp³-hybridized carbons (Fsp3) is 1.00. The molecule has 0 amide bonds. The zero-order valence-corrected chi connectivity index (χ0v) is 8.71. The van der Waals surface area contributed by atoms with Gasteiger partial charge in [-0.15, -0.1) is 0 Å². The monoisotopic (exact) mass is 162 g/mol. The molecule has 0 aromatic heterocycles. The first-order valence-electron chi connectivity index (χ1n) is 4.81. The maximum atomic E-state index is 13.0. The van der Waals surface area contributed by atoms with Crippen LogP contribution < -0.4 is 0 Å². The third kappa shape index (κ3) is 9.93. The van der Waals surface area contributed by atoms with Gasteiger partial charge < -0.3 is 0 Å². The molecule has 0 radical (unpaired) electrons. The van der Waals surface area contributed by atoms with Gasteiger partial charge >= 0.3 is 0 Å². The Morgan fingerprint density at radius 1 is 1.18 bits per heavy atom. The lowest BCUT2D eigenvalue weighted by Crippen LogP contribution is -2.15. The normalized spacial score (nSPS) is 14.7. The predicted molar refractivity (Wildman–Crippen MR) is 50.7 cm³/mol. The highest BCUT2D eigenvalue weighted by Gasteiger charge is 2.18. The van der Waals surface area contributed by atoms with Crippen molar-refractivity contribution in [1.29, 1.82) is 0 Å². The Morgan fingerprint density at radius 3 is 1.91 bits per heavy atom. The molecule has 70 valence electrons. The minimum Gasteiger partial charge on any atom is -0.244 e. The fourth-order valence-corrected chi connectivity index (χ4v) is 0.722. The number of unbranched alkanes of at least 4 members (excludes halogenated alkanes) is 1. The molecule has 0 bridgehead atoms. The van der Waals surface area contributed by atoms with Gasteiger partial charge in [-0.25, -0.2) is 4.39 Å². The molecule has 0 fully saturated rings. The summed E-state index contributed by atoms with van der Waals surface area (Å²) in [7, 11) is 0. The van der Waals surface area contributed by atoms with E-state index in [1.54, 1.807) is 6.92 Å². The molecular weight excluding hydrogens is 139 g/mol. The van der Waals surface area contributed by atoms with Crippen molar-refractivity contribution in [2.45, 2.75) is 66.0 Å². The van der Waals surface area contributed by atoms with Gasteiger partial charge in [-0.3, -0.25) is 0 Å². The second-order valence-electron chi connectivity index (χ2n) is 2.87. The van der Waals surface area contributed by atoms with Crippen LogP contribution in [0.3, 0.4) is 0 Å². The lowest BCUT2D eigenvalue weighted by Gasteiger charge is -2.16. The van der Waals surface area contributed by atoms with Crippen LogP contribution in [0.2, 0.25) is 0 Å². The van der Waals surface area contributed by atoms with Crippen molar-refractivity contribution in [3.63, 3.8) is 0 Å². The summed E-state index contributed by atoms with van der Waals surface area (Å²) in [5.41, 5.74) is -0.907. The summed E-state index contributed by atoms with van der Waals surface area (Å²) in [5, 5.41) is 0. The van der Waals surface area contributed by atoms with E-state index in [2.05, 4.69) is 6.92 Å². The zero-order chi connectivity index (χ0) is 9.33. The average molecular weight is 162 g/mol. The van der Waals surface area contributed by atoms with E-state index in [-0.39, 0.29) is 0 Å². The number of hydrogen-bond acceptors (Lipinski definition) is 0. The van der Waals surface area contributed by atoms with Crippen molar-refractivity contribution < 1.29 is 4.39 Å². The van der Waals surface area contributed by atoms with Crippen molar-refractivity contribution in [2.75, 3.05) is 0 Å². The smallest absolute Gasteiger partial charge is 0.108 e. The average Bonchev–Trinajstić information content (AvgIpc) is 2.05. The Hall–Kier alpha value is -0.0700. The van der Waals surface area contributed by atoms with Crippen LogP contribution in [0.25, 0.3) is 0 Å². The molecule has 0 saturated carbocycles. The van der Waals surface area contributed by atoms with Crippen molar-refractivity contribution in [3.05, 3.63) is 0 Å². The molecule has 0 aliphatic carbocycles. The maximum Gasteiger partial charge on any atom is 0.108 e. The molecule has 1 unspecified atom stereocenters. The maximum absolute atomic E-state index is 13.0. The first-order valence-corrected chi connectivity index (χ1v) is 4.81. The Labute approximate surface area is 71.2 Å². The van der Waals surface area contributed by atoms with Crippen LogP contribution in [0.4, 0.5) is 4.39 Å². The van der Waals surface area contributed by atoms with E-state index in [1.807, 2.05) is 20.8 Å². The van der Waals surface area contributed by atoms with E-state index in [1.165, 1.54) is 0 Å². The fourth-order valence-electron chi connectivity index (χ4n) is 0.722. The highest BCUT2D eigenvalue weighted by Crippen LogP contribution is 2.21. The van der Waals surface area contributed by atoms with Gasteiger partial charge in [0, 0.05) is 0 Å². The molecule has 1 atom stereocenters. The second-order valence-corrected chi connectivity index (χ2v) is 2.87. The second kappa shape index (κ2) is 8.03. The molecule has 0 saturated heterocycles. The van der Waals surface area contributed by atoms with E-state index in [4.69, 9.17) is 0 Å². The van der Waals surface area contributed by atoms with Gasteiger partial charge in [0.2, 0.25) is 0 Å². The van der Waals surface area contributed by atoms with Crippen molar-refractivity contribution in [3.8, 4) is 0 Å². The van der Waals surface area contributed by atoms with Crippen molar-refractivity contribution in [2.24, 2.45) is 0 Å². The van der Waals surface area contributed by atoms with E-state index < -0.39 is 5.67 Å². The van der Waals surface area contributed by atoms with Gasteiger partial charge in [0.15, 0.2) is 0 Å². The van der Waals surface area contributed by atoms with Gasteiger partial charge in [-0.2, -0.15) is 0 Å². The quantitative estimate of drug-likeness (QED) is 0.577. The molecule has 0 aliphatic rings. The molecule has 0 rings (SSSR count). The van der Waals surface area contributed by atoms with Crippen molar-refractivity contribution >= 4 is 0 Å². The van der Waals surface area contributed by atoms with E-state index in [9.17, 15) is 4.39 Å². The number of alkyl halides is 1. The molecule has 11 heavy (non-hydrogen) atoms. The number of hydrogen-bond donors (Lipinski definition) is 0. The van der Waals surface area contributed by atoms with Gasteiger partial charge in [0.1, 0.15) is 5.67 Å². The zero-order valence-electron chi connectivity index (χ0n) is 8.71. The van der Waals surface area contributed by atoms with Crippen LogP contribution in [-0.4, -0.2) is 5.67 Å². The lowest BCUT2D eigenvalue weighted by molar-refractivity contribution is 0.165. The lowest BCUT2D eigenvalue weighted by atomic mass is 9.99. The Bertz CT molecular complexity index is 67.3. The van der Waals surface area contributed by atoms with Crippen LogP contribution in [0.15, 0.2) is 0 Å². The minimum absolute atomic E-state index is 0.646. The molecule has 0 aromatic rings. The summed E-state index contributed by atoms with van der Waals surface area (Å²) < 4.78 is 13.0. The minimum atomic E-state index is -0.907. The van der Waals surface area contributed by atoms with Gasteiger partial charge in [-0.1, -0.05) is 40.5 Å². The van der Waals surface area contributed by atoms with Crippen LogP contribution >= 0.6 is 0 Å². The third-order valence-electron chi connectivity index (χ3n) is 1.79. The predicted octanol–water partition coefficient (Wildman–Crippen LogP) is 4.34. The molecule has 0 heterocycles. The molecule has 0 aliphatic heterocycles. The topological polar surface area (TPSA) is 0 Å². The summed E-state index contributed by atoms with van der Waals surface area (Å²) in [6, 6.07) is 0. The summed E-state index contributed by atoms with van der Waals surface area (Å²) in [6.07, 6.45) is 3.48. The van der Waals surface area contributed by atoms with Crippen LogP contribution in [-0.2, 0) is 0 Å². The molecule has 1 heteroatoms. The molecule has 0 aromatic carbocycles. The van der Waals surface area contributed by atoms with E-state index >= 15 is 0 Å². The number of rotatable bonds is 4. The Morgan fingerprint density at radius 2 is 1.64 bits per heavy atom. The Kier molecular flexibility index (Phi) is 9.87. The highest BCUT2D eigenvalue weighted by molar-refractivity contribution is 4.69.